The highest BCUT2D eigenvalue weighted by molar-refractivity contribution is 7.53. The third kappa shape index (κ3) is 20.4. The molecule has 0 saturated carbocycles. The van der Waals surface area contributed by atoms with Crippen molar-refractivity contribution in [3.63, 3.8) is 0 Å². The van der Waals surface area contributed by atoms with Gasteiger partial charge < -0.3 is 9.05 Å². The van der Waals surface area contributed by atoms with E-state index in [0.717, 1.165) is 25.7 Å². The molecule has 0 radical (unpaired) electrons. The maximum atomic E-state index is 13.4. The lowest BCUT2D eigenvalue weighted by atomic mass is 10.1. The Morgan fingerprint density at radius 3 is 1.44 bits per heavy atom. The summed E-state index contributed by atoms with van der Waals surface area (Å²) in [5, 5.41) is 0. The molecule has 1 aromatic carbocycles. The fraction of sp³-hybridized carbons (Fsp3) is 0.812. The molecule has 0 atom stereocenters. The van der Waals surface area contributed by atoms with E-state index in [0.29, 0.717) is 19.4 Å². The summed E-state index contributed by atoms with van der Waals surface area (Å²) in [4.78, 5) is 0. The standard InChI is InChI=1S/C32H59O3P/c1-3-5-7-9-12-16-23-29-34-36(33,35-30-24-17-13-10-8-6-4-2)31-25-18-14-11-15-20-26-32-27-21-19-22-28-32/h19,21-22,27-28H,3-18,20,23-26,29-31H2,1-2H3. The zero-order chi connectivity index (χ0) is 26.0. The first-order chi connectivity index (χ1) is 17.7. The number of hydrogen-bond donors (Lipinski definition) is 0. The number of aryl methyl sites for hydroxylation is 1. The average Bonchev–Trinajstić information content (AvgIpc) is 2.89. The maximum absolute atomic E-state index is 13.4. The summed E-state index contributed by atoms with van der Waals surface area (Å²) >= 11 is 0. The largest absolute Gasteiger partial charge is 0.330 e. The third-order valence-electron chi connectivity index (χ3n) is 7.06. The minimum absolute atomic E-state index is 0.585. The van der Waals surface area contributed by atoms with Gasteiger partial charge >= 0.3 is 7.60 Å². The van der Waals surface area contributed by atoms with Crippen molar-refractivity contribution in [2.45, 2.75) is 149 Å². The minimum atomic E-state index is -2.95. The molecule has 0 saturated heterocycles. The quantitative estimate of drug-likeness (QED) is 0.0851. The van der Waals surface area contributed by atoms with Crippen LogP contribution >= 0.6 is 7.60 Å². The van der Waals surface area contributed by atoms with Crippen molar-refractivity contribution in [3.8, 4) is 0 Å². The molecule has 0 amide bonds. The van der Waals surface area contributed by atoms with Gasteiger partial charge in [0.1, 0.15) is 0 Å². The molecule has 0 heterocycles. The number of unbranched alkanes of at least 4 members (excludes halogenated alkanes) is 17. The molecule has 4 heteroatoms. The number of benzene rings is 1. The highest BCUT2D eigenvalue weighted by Crippen LogP contribution is 2.49. The highest BCUT2D eigenvalue weighted by Gasteiger charge is 2.23. The van der Waals surface area contributed by atoms with Gasteiger partial charge in [0.15, 0.2) is 0 Å². The number of rotatable bonds is 27. The van der Waals surface area contributed by atoms with E-state index < -0.39 is 7.60 Å². The third-order valence-corrected chi connectivity index (χ3v) is 9.08. The molecule has 0 aromatic heterocycles. The second-order valence-electron chi connectivity index (χ2n) is 10.6. The Hall–Kier alpha value is -0.630. The summed E-state index contributed by atoms with van der Waals surface area (Å²) in [5.41, 5.74) is 1.44. The molecule has 210 valence electrons. The lowest BCUT2D eigenvalue weighted by Gasteiger charge is -2.19. The van der Waals surface area contributed by atoms with E-state index in [1.165, 1.54) is 115 Å². The van der Waals surface area contributed by atoms with Gasteiger partial charge in [-0.1, -0.05) is 147 Å². The van der Waals surface area contributed by atoms with E-state index in [9.17, 15) is 4.57 Å². The van der Waals surface area contributed by atoms with Crippen LogP contribution in [0.5, 0.6) is 0 Å². The van der Waals surface area contributed by atoms with Gasteiger partial charge in [0.2, 0.25) is 0 Å². The van der Waals surface area contributed by atoms with Gasteiger partial charge in [0.25, 0.3) is 0 Å². The van der Waals surface area contributed by atoms with Crippen molar-refractivity contribution in [1.82, 2.24) is 0 Å². The minimum Gasteiger partial charge on any atom is -0.309 e. The molecule has 0 fully saturated rings. The van der Waals surface area contributed by atoms with Gasteiger partial charge in [0.05, 0.1) is 19.4 Å². The van der Waals surface area contributed by atoms with E-state index in [2.05, 4.69) is 44.2 Å². The summed E-state index contributed by atoms with van der Waals surface area (Å²) in [7, 11) is -2.95. The predicted octanol–water partition coefficient (Wildman–Crippen LogP) is 11.3. The van der Waals surface area contributed by atoms with Crippen LogP contribution in [0.1, 0.15) is 148 Å². The van der Waals surface area contributed by atoms with Crippen LogP contribution in [0, 0.1) is 0 Å². The van der Waals surface area contributed by atoms with E-state index in [1.54, 1.807) is 0 Å². The van der Waals surface area contributed by atoms with Crippen LogP contribution in [0.4, 0.5) is 0 Å². The molecule has 1 rings (SSSR count). The second kappa shape index (κ2) is 24.7. The molecule has 36 heavy (non-hydrogen) atoms. The SMILES string of the molecule is CCCCCCCCCOP(=O)(CCCCCCCCc1ccccc1)OCCCCCCCCC. The van der Waals surface area contributed by atoms with Gasteiger partial charge in [-0.15, -0.1) is 0 Å². The number of hydrogen-bond acceptors (Lipinski definition) is 3. The summed E-state index contributed by atoms with van der Waals surface area (Å²) < 4.78 is 25.3. The van der Waals surface area contributed by atoms with Gasteiger partial charge in [-0.3, -0.25) is 4.57 Å². The molecule has 0 aliphatic heterocycles. The molecule has 0 bridgehead atoms. The van der Waals surface area contributed by atoms with Gasteiger partial charge in [-0.2, -0.15) is 0 Å². The van der Waals surface area contributed by atoms with Crippen molar-refractivity contribution in [1.29, 1.82) is 0 Å². The van der Waals surface area contributed by atoms with E-state index in [1.807, 2.05) is 0 Å². The van der Waals surface area contributed by atoms with Crippen molar-refractivity contribution >= 4 is 7.60 Å². The molecule has 0 aliphatic carbocycles. The summed E-state index contributed by atoms with van der Waals surface area (Å²) in [5.74, 6) is 0. The summed E-state index contributed by atoms with van der Waals surface area (Å²) in [6.07, 6.45) is 26.2. The van der Waals surface area contributed by atoms with Gasteiger partial charge in [-0.05, 0) is 37.7 Å². The molecule has 0 N–H and O–H groups in total. The van der Waals surface area contributed by atoms with Crippen molar-refractivity contribution < 1.29 is 13.6 Å². The topological polar surface area (TPSA) is 35.5 Å². The fourth-order valence-electron chi connectivity index (χ4n) is 4.68. The monoisotopic (exact) mass is 522 g/mol. The van der Waals surface area contributed by atoms with Crippen molar-refractivity contribution in [3.05, 3.63) is 35.9 Å². The van der Waals surface area contributed by atoms with Crippen LogP contribution in [0.25, 0.3) is 0 Å². The second-order valence-corrected chi connectivity index (χ2v) is 12.8. The van der Waals surface area contributed by atoms with Crippen LogP contribution in [0.3, 0.4) is 0 Å². The van der Waals surface area contributed by atoms with Crippen molar-refractivity contribution in [2.24, 2.45) is 0 Å². The zero-order valence-electron chi connectivity index (χ0n) is 24.0. The van der Waals surface area contributed by atoms with Crippen LogP contribution in [0.2, 0.25) is 0 Å². The first kappa shape index (κ1) is 33.4. The molecule has 0 spiro atoms. The Kier molecular flexibility index (Phi) is 22.9. The van der Waals surface area contributed by atoms with E-state index >= 15 is 0 Å². The van der Waals surface area contributed by atoms with Gasteiger partial charge in [0, 0.05) is 0 Å². The van der Waals surface area contributed by atoms with Crippen molar-refractivity contribution in [2.75, 3.05) is 19.4 Å². The lowest BCUT2D eigenvalue weighted by molar-refractivity contribution is 0.197. The van der Waals surface area contributed by atoms with Crippen LogP contribution < -0.4 is 0 Å². The van der Waals surface area contributed by atoms with Crippen LogP contribution in [0.15, 0.2) is 30.3 Å². The smallest absolute Gasteiger partial charge is 0.309 e. The summed E-state index contributed by atoms with van der Waals surface area (Å²) in [6.45, 7) is 5.68. The zero-order valence-corrected chi connectivity index (χ0v) is 24.9. The van der Waals surface area contributed by atoms with E-state index in [4.69, 9.17) is 9.05 Å². The average molecular weight is 523 g/mol. The molecule has 0 unspecified atom stereocenters. The Labute approximate surface area is 225 Å². The Bertz CT molecular complexity index is 595. The lowest BCUT2D eigenvalue weighted by Crippen LogP contribution is -2.04. The molecular formula is C32H59O3P. The fourth-order valence-corrected chi connectivity index (χ4v) is 6.44. The molecule has 1 aromatic rings. The molecular weight excluding hydrogens is 463 g/mol. The van der Waals surface area contributed by atoms with E-state index in [-0.39, 0.29) is 0 Å². The maximum Gasteiger partial charge on any atom is 0.330 e. The first-order valence-electron chi connectivity index (χ1n) is 15.6. The molecule has 3 nitrogen and oxygen atoms in total. The van der Waals surface area contributed by atoms with Crippen LogP contribution in [-0.2, 0) is 20.0 Å². The highest BCUT2D eigenvalue weighted by atomic mass is 31.2. The predicted molar refractivity (Wildman–Crippen MR) is 158 cm³/mol. The summed E-state index contributed by atoms with van der Waals surface area (Å²) in [6, 6.07) is 10.8. The first-order valence-corrected chi connectivity index (χ1v) is 17.3. The Morgan fingerprint density at radius 2 is 0.944 bits per heavy atom. The van der Waals surface area contributed by atoms with Gasteiger partial charge in [-0.25, -0.2) is 0 Å². The molecule has 0 aliphatic rings. The Balaban J connectivity index is 2.20. The normalized spacial score (nSPS) is 11.8. The van der Waals surface area contributed by atoms with Crippen LogP contribution in [-0.4, -0.2) is 19.4 Å². The Morgan fingerprint density at radius 1 is 0.528 bits per heavy atom.